The summed E-state index contributed by atoms with van der Waals surface area (Å²) in [6, 6.07) is 9.23. The van der Waals surface area contributed by atoms with E-state index in [1.165, 1.54) is 24.0 Å². The average Bonchev–Trinajstić information content (AvgIpc) is 2.30. The molecule has 82 valence electrons. The molecule has 1 aromatic carbocycles. The summed E-state index contributed by atoms with van der Waals surface area (Å²) in [7, 11) is 0. The molecule has 0 spiro atoms. The Bertz CT molecular complexity index is 297. The lowest BCUT2D eigenvalue weighted by atomic mass is 9.92. The van der Waals surface area contributed by atoms with E-state index in [0.717, 1.165) is 12.5 Å². The highest BCUT2D eigenvalue weighted by Gasteiger charge is 2.18. The van der Waals surface area contributed by atoms with Gasteiger partial charge in [0.15, 0.2) is 0 Å². The van der Waals surface area contributed by atoms with Gasteiger partial charge in [0, 0.05) is 12.6 Å². The van der Waals surface area contributed by atoms with Crippen LogP contribution in [0, 0.1) is 5.92 Å². The molecule has 0 aromatic heterocycles. The van der Waals surface area contributed by atoms with Gasteiger partial charge >= 0.3 is 0 Å². The van der Waals surface area contributed by atoms with Crippen LogP contribution in [0.1, 0.15) is 36.9 Å². The Balaban J connectivity index is 2.03. The normalized spacial score (nSPS) is 26.5. The van der Waals surface area contributed by atoms with Crippen LogP contribution in [0.25, 0.3) is 0 Å². The van der Waals surface area contributed by atoms with Crippen molar-refractivity contribution in [1.29, 1.82) is 0 Å². The molecule has 15 heavy (non-hydrogen) atoms. The minimum atomic E-state index is 0.549. The number of hydrogen-bond acceptors (Lipinski definition) is 2. The first kappa shape index (κ1) is 10.7. The molecule has 2 unspecified atom stereocenters. The predicted molar refractivity (Wildman–Crippen MR) is 63.5 cm³/mol. The third kappa shape index (κ3) is 2.58. The van der Waals surface area contributed by atoms with Crippen molar-refractivity contribution < 1.29 is 0 Å². The number of benzene rings is 1. The lowest BCUT2D eigenvalue weighted by molar-refractivity contribution is 0.333. The Labute approximate surface area is 91.9 Å². The molecule has 1 heterocycles. The fourth-order valence-electron chi connectivity index (χ4n) is 2.17. The molecular weight excluding hydrogens is 184 g/mol. The van der Waals surface area contributed by atoms with Crippen LogP contribution in [-0.2, 0) is 6.54 Å². The van der Waals surface area contributed by atoms with Gasteiger partial charge in [-0.1, -0.05) is 31.2 Å². The maximum Gasteiger partial charge on any atom is 0.0320 e. The van der Waals surface area contributed by atoms with E-state index in [9.17, 15) is 0 Å². The van der Waals surface area contributed by atoms with Crippen molar-refractivity contribution in [3.63, 3.8) is 0 Å². The summed E-state index contributed by atoms with van der Waals surface area (Å²) in [6.45, 7) is 4.08. The van der Waals surface area contributed by atoms with E-state index in [4.69, 9.17) is 5.73 Å². The van der Waals surface area contributed by atoms with E-state index in [1.54, 1.807) is 0 Å². The second-order valence-corrected chi connectivity index (χ2v) is 4.59. The smallest absolute Gasteiger partial charge is 0.0320 e. The van der Waals surface area contributed by atoms with Crippen LogP contribution < -0.4 is 11.1 Å². The lowest BCUT2D eigenvalue weighted by Crippen LogP contribution is -2.31. The molecule has 0 saturated carbocycles. The predicted octanol–water partition coefficient (Wildman–Crippen LogP) is 2.21. The number of piperidine rings is 1. The molecule has 2 heteroatoms. The first-order chi connectivity index (χ1) is 7.29. The number of hydrogen-bond donors (Lipinski definition) is 2. The standard InChI is InChI=1S/C13H20N2/c1-10-2-7-13(15-9-10)12-5-3-11(8-14)4-6-12/h3-6,10,13,15H,2,7-9,14H2,1H3. The maximum atomic E-state index is 5.58. The van der Waals surface area contributed by atoms with E-state index < -0.39 is 0 Å². The molecule has 1 aliphatic heterocycles. The van der Waals surface area contributed by atoms with Crippen LogP contribution in [0.15, 0.2) is 24.3 Å². The van der Waals surface area contributed by atoms with Crippen molar-refractivity contribution in [2.75, 3.05) is 6.54 Å². The largest absolute Gasteiger partial charge is 0.326 e. The van der Waals surface area contributed by atoms with Crippen LogP contribution in [0.5, 0.6) is 0 Å². The van der Waals surface area contributed by atoms with E-state index in [2.05, 4.69) is 36.5 Å². The van der Waals surface area contributed by atoms with Gasteiger partial charge in [-0.2, -0.15) is 0 Å². The number of rotatable bonds is 2. The van der Waals surface area contributed by atoms with Crippen molar-refractivity contribution in [1.82, 2.24) is 5.32 Å². The molecule has 1 saturated heterocycles. The van der Waals surface area contributed by atoms with Gasteiger partial charge in [-0.15, -0.1) is 0 Å². The molecule has 1 aromatic rings. The second kappa shape index (κ2) is 4.77. The third-order valence-electron chi connectivity index (χ3n) is 3.28. The first-order valence-corrected chi connectivity index (χ1v) is 5.82. The van der Waals surface area contributed by atoms with Gasteiger partial charge in [0.05, 0.1) is 0 Å². The molecule has 0 amide bonds. The van der Waals surface area contributed by atoms with E-state index in [0.29, 0.717) is 12.6 Å². The SMILES string of the molecule is CC1CCC(c2ccc(CN)cc2)NC1. The molecule has 2 nitrogen and oxygen atoms in total. The maximum absolute atomic E-state index is 5.58. The fraction of sp³-hybridized carbons (Fsp3) is 0.538. The minimum absolute atomic E-state index is 0.549. The van der Waals surface area contributed by atoms with Crippen molar-refractivity contribution in [2.24, 2.45) is 11.7 Å². The molecule has 0 bridgehead atoms. The minimum Gasteiger partial charge on any atom is -0.326 e. The van der Waals surface area contributed by atoms with Crippen LogP contribution >= 0.6 is 0 Å². The quantitative estimate of drug-likeness (QED) is 0.775. The highest BCUT2D eigenvalue weighted by Crippen LogP contribution is 2.25. The van der Waals surface area contributed by atoms with Gasteiger partial charge in [-0.3, -0.25) is 0 Å². The highest BCUT2D eigenvalue weighted by molar-refractivity contribution is 5.25. The van der Waals surface area contributed by atoms with Gasteiger partial charge in [-0.25, -0.2) is 0 Å². The van der Waals surface area contributed by atoms with Crippen molar-refractivity contribution in [2.45, 2.75) is 32.4 Å². The van der Waals surface area contributed by atoms with E-state index >= 15 is 0 Å². The third-order valence-corrected chi connectivity index (χ3v) is 3.28. The molecule has 0 aliphatic carbocycles. The number of nitrogens with one attached hydrogen (secondary N) is 1. The van der Waals surface area contributed by atoms with Crippen molar-refractivity contribution in [3.05, 3.63) is 35.4 Å². The molecule has 2 rings (SSSR count). The summed E-state index contributed by atoms with van der Waals surface area (Å²) in [5.41, 5.74) is 8.19. The summed E-state index contributed by atoms with van der Waals surface area (Å²) < 4.78 is 0. The number of nitrogens with two attached hydrogens (primary N) is 1. The van der Waals surface area contributed by atoms with Crippen LogP contribution in [0.3, 0.4) is 0 Å². The molecule has 1 fully saturated rings. The zero-order valence-corrected chi connectivity index (χ0v) is 9.37. The Morgan fingerprint density at radius 2 is 2.00 bits per heavy atom. The second-order valence-electron chi connectivity index (χ2n) is 4.59. The fourth-order valence-corrected chi connectivity index (χ4v) is 2.17. The lowest BCUT2D eigenvalue weighted by Gasteiger charge is -2.28. The molecule has 1 aliphatic rings. The Hall–Kier alpha value is -0.860. The Morgan fingerprint density at radius 1 is 1.27 bits per heavy atom. The first-order valence-electron chi connectivity index (χ1n) is 5.82. The molecule has 0 radical (unpaired) electrons. The van der Waals surface area contributed by atoms with Crippen LogP contribution in [-0.4, -0.2) is 6.54 Å². The zero-order chi connectivity index (χ0) is 10.7. The molecule has 2 atom stereocenters. The molecule has 3 N–H and O–H groups in total. The zero-order valence-electron chi connectivity index (χ0n) is 9.37. The van der Waals surface area contributed by atoms with Gasteiger partial charge in [0.2, 0.25) is 0 Å². The van der Waals surface area contributed by atoms with Gasteiger partial charge in [-0.05, 0) is 36.4 Å². The summed E-state index contributed by atoms with van der Waals surface area (Å²) in [5.74, 6) is 0.824. The van der Waals surface area contributed by atoms with Gasteiger partial charge in [0.25, 0.3) is 0 Å². The van der Waals surface area contributed by atoms with Crippen LogP contribution in [0.4, 0.5) is 0 Å². The Kier molecular flexibility index (Phi) is 3.39. The van der Waals surface area contributed by atoms with Gasteiger partial charge in [0.1, 0.15) is 0 Å². The Morgan fingerprint density at radius 3 is 2.53 bits per heavy atom. The summed E-state index contributed by atoms with van der Waals surface area (Å²) in [4.78, 5) is 0. The summed E-state index contributed by atoms with van der Waals surface area (Å²) >= 11 is 0. The monoisotopic (exact) mass is 204 g/mol. The van der Waals surface area contributed by atoms with Gasteiger partial charge < -0.3 is 11.1 Å². The van der Waals surface area contributed by atoms with E-state index in [1.807, 2.05) is 0 Å². The highest BCUT2D eigenvalue weighted by atomic mass is 14.9. The topological polar surface area (TPSA) is 38.0 Å². The molecular formula is C13H20N2. The van der Waals surface area contributed by atoms with Crippen molar-refractivity contribution >= 4 is 0 Å². The van der Waals surface area contributed by atoms with Crippen LogP contribution in [0.2, 0.25) is 0 Å². The average molecular weight is 204 g/mol. The summed E-state index contributed by atoms with van der Waals surface area (Å²) in [5, 5.41) is 3.59. The summed E-state index contributed by atoms with van der Waals surface area (Å²) in [6.07, 6.45) is 2.58. The van der Waals surface area contributed by atoms with Crippen molar-refractivity contribution in [3.8, 4) is 0 Å². The van der Waals surface area contributed by atoms with E-state index in [-0.39, 0.29) is 0 Å².